The molecule has 0 aliphatic rings. The summed E-state index contributed by atoms with van der Waals surface area (Å²) >= 11 is 6.21. The van der Waals surface area contributed by atoms with Gasteiger partial charge in [0.2, 0.25) is 0 Å². The predicted molar refractivity (Wildman–Crippen MR) is 85.7 cm³/mol. The lowest BCUT2D eigenvalue weighted by molar-refractivity contribution is 0.776. The number of nitrogen functional groups attached to an aromatic ring is 1. The molecule has 4 nitrogen and oxygen atoms in total. The van der Waals surface area contributed by atoms with Gasteiger partial charge < -0.3 is 10.3 Å². The molecule has 0 bridgehead atoms. The molecule has 0 saturated carbocycles. The minimum Gasteiger partial charge on any atom is -0.399 e. The number of para-hydroxylation sites is 2. The van der Waals surface area contributed by atoms with Crippen LogP contribution in [0.5, 0.6) is 0 Å². The molecule has 0 spiro atoms. The Labute approximate surface area is 126 Å². The molecule has 0 aliphatic carbocycles. The Hall–Kier alpha value is -2.33. The topological polar surface area (TPSA) is 60.9 Å². The zero-order chi connectivity index (χ0) is 15.0. The summed E-state index contributed by atoms with van der Waals surface area (Å²) in [6.45, 7) is 2.11. The molecule has 1 aromatic heterocycles. The van der Waals surface area contributed by atoms with E-state index in [9.17, 15) is 4.79 Å². The van der Waals surface area contributed by atoms with Gasteiger partial charge in [-0.15, -0.1) is 0 Å². The Kier molecular flexibility index (Phi) is 3.39. The Morgan fingerprint density at radius 3 is 2.76 bits per heavy atom. The number of aromatic nitrogens is 2. The normalized spacial score (nSPS) is 11.0. The first-order chi connectivity index (χ1) is 10.1. The first kappa shape index (κ1) is 13.6. The Morgan fingerprint density at radius 2 is 2.00 bits per heavy atom. The molecule has 106 valence electrons. The number of hydrogen-bond acceptors (Lipinski definition) is 3. The first-order valence-corrected chi connectivity index (χ1v) is 6.94. The summed E-state index contributed by atoms with van der Waals surface area (Å²) in [5.74, 6) is 0. The second-order valence-electron chi connectivity index (χ2n) is 4.93. The average molecular weight is 300 g/mol. The molecule has 3 rings (SSSR count). The Bertz CT molecular complexity index is 886. The molecule has 0 amide bonds. The van der Waals surface area contributed by atoms with E-state index >= 15 is 0 Å². The number of benzene rings is 2. The largest absolute Gasteiger partial charge is 0.399 e. The fourth-order valence-corrected chi connectivity index (χ4v) is 2.59. The van der Waals surface area contributed by atoms with Crippen LogP contribution in [0.2, 0.25) is 5.02 Å². The van der Waals surface area contributed by atoms with Crippen LogP contribution in [0.15, 0.2) is 47.3 Å². The highest BCUT2D eigenvalue weighted by molar-refractivity contribution is 6.31. The van der Waals surface area contributed by atoms with E-state index in [1.54, 1.807) is 23.6 Å². The van der Waals surface area contributed by atoms with Crippen LogP contribution < -0.4 is 11.3 Å². The standard InChI is InChI=1S/C16H14ClN3O/c1-10-16(21)20(15-5-3-2-4-14(15)19-10)9-11-6-7-12(18)8-13(11)17/h2-8H,9,18H2,1H3. The highest BCUT2D eigenvalue weighted by atomic mass is 35.5. The van der Waals surface area contributed by atoms with E-state index in [-0.39, 0.29) is 5.56 Å². The van der Waals surface area contributed by atoms with Crippen molar-refractivity contribution in [3.05, 3.63) is 69.1 Å². The summed E-state index contributed by atoms with van der Waals surface area (Å²) in [6, 6.07) is 12.9. The molecule has 21 heavy (non-hydrogen) atoms. The molecule has 2 aromatic carbocycles. The van der Waals surface area contributed by atoms with Crippen LogP contribution in [-0.2, 0) is 6.54 Å². The molecule has 5 heteroatoms. The molecule has 0 radical (unpaired) electrons. The maximum atomic E-state index is 12.4. The van der Waals surface area contributed by atoms with Crippen LogP contribution in [0.4, 0.5) is 5.69 Å². The van der Waals surface area contributed by atoms with Gasteiger partial charge in [0.25, 0.3) is 5.56 Å². The van der Waals surface area contributed by atoms with Crippen LogP contribution in [0.3, 0.4) is 0 Å². The summed E-state index contributed by atoms with van der Waals surface area (Å²) in [6.07, 6.45) is 0. The van der Waals surface area contributed by atoms with Crippen molar-refractivity contribution < 1.29 is 0 Å². The zero-order valence-electron chi connectivity index (χ0n) is 11.5. The molecular weight excluding hydrogens is 286 g/mol. The first-order valence-electron chi connectivity index (χ1n) is 6.56. The van der Waals surface area contributed by atoms with Crippen molar-refractivity contribution in [1.29, 1.82) is 0 Å². The van der Waals surface area contributed by atoms with E-state index in [1.807, 2.05) is 30.3 Å². The van der Waals surface area contributed by atoms with Crippen molar-refractivity contribution in [3.63, 3.8) is 0 Å². The van der Waals surface area contributed by atoms with Gasteiger partial charge in [-0.05, 0) is 36.8 Å². The lowest BCUT2D eigenvalue weighted by Gasteiger charge is -2.12. The molecular formula is C16H14ClN3O. The van der Waals surface area contributed by atoms with E-state index in [1.165, 1.54) is 0 Å². The molecule has 0 fully saturated rings. The van der Waals surface area contributed by atoms with Crippen LogP contribution >= 0.6 is 11.6 Å². The number of rotatable bonds is 2. The van der Waals surface area contributed by atoms with Crippen LogP contribution in [0.1, 0.15) is 11.3 Å². The van der Waals surface area contributed by atoms with E-state index in [2.05, 4.69) is 4.98 Å². The number of anilines is 1. The monoisotopic (exact) mass is 299 g/mol. The molecule has 1 heterocycles. The van der Waals surface area contributed by atoms with Gasteiger partial charge in [-0.1, -0.05) is 29.8 Å². The van der Waals surface area contributed by atoms with Crippen molar-refractivity contribution >= 4 is 28.3 Å². The molecule has 2 N–H and O–H groups in total. The average Bonchev–Trinajstić information content (AvgIpc) is 2.46. The van der Waals surface area contributed by atoms with Gasteiger partial charge >= 0.3 is 0 Å². The van der Waals surface area contributed by atoms with Crippen LogP contribution in [0.25, 0.3) is 11.0 Å². The molecule has 3 aromatic rings. The van der Waals surface area contributed by atoms with E-state index in [4.69, 9.17) is 17.3 Å². The summed E-state index contributed by atoms with van der Waals surface area (Å²) in [7, 11) is 0. The van der Waals surface area contributed by atoms with Crippen molar-refractivity contribution in [2.24, 2.45) is 0 Å². The quantitative estimate of drug-likeness (QED) is 0.740. The third kappa shape index (κ3) is 2.50. The summed E-state index contributed by atoms with van der Waals surface area (Å²) in [5, 5.41) is 0.556. The number of hydrogen-bond donors (Lipinski definition) is 1. The number of fused-ring (bicyclic) bond motifs is 1. The second-order valence-corrected chi connectivity index (χ2v) is 5.34. The van der Waals surface area contributed by atoms with Gasteiger partial charge in [0.15, 0.2) is 0 Å². The SMILES string of the molecule is Cc1nc2ccccc2n(Cc2ccc(N)cc2Cl)c1=O. The van der Waals surface area contributed by atoms with Crippen molar-refractivity contribution in [2.45, 2.75) is 13.5 Å². The van der Waals surface area contributed by atoms with E-state index < -0.39 is 0 Å². The zero-order valence-corrected chi connectivity index (χ0v) is 12.3. The highest BCUT2D eigenvalue weighted by Gasteiger charge is 2.10. The third-order valence-electron chi connectivity index (χ3n) is 3.42. The van der Waals surface area contributed by atoms with E-state index in [0.29, 0.717) is 22.9 Å². The fourth-order valence-electron chi connectivity index (χ4n) is 2.34. The maximum Gasteiger partial charge on any atom is 0.272 e. The summed E-state index contributed by atoms with van der Waals surface area (Å²) in [5.41, 5.74) is 9.10. The van der Waals surface area contributed by atoms with Crippen LogP contribution in [0, 0.1) is 6.92 Å². The molecule has 0 saturated heterocycles. The summed E-state index contributed by atoms with van der Waals surface area (Å²) in [4.78, 5) is 16.7. The number of halogens is 1. The number of nitrogens with two attached hydrogens (primary N) is 1. The molecule has 0 aliphatic heterocycles. The summed E-state index contributed by atoms with van der Waals surface area (Å²) < 4.78 is 1.69. The lowest BCUT2D eigenvalue weighted by Crippen LogP contribution is -2.24. The Morgan fingerprint density at radius 1 is 1.24 bits per heavy atom. The minimum absolute atomic E-state index is 0.110. The third-order valence-corrected chi connectivity index (χ3v) is 3.77. The fraction of sp³-hybridized carbons (Fsp3) is 0.125. The molecule has 0 unspecified atom stereocenters. The van der Waals surface area contributed by atoms with Gasteiger partial charge in [0, 0.05) is 10.7 Å². The van der Waals surface area contributed by atoms with Crippen LogP contribution in [-0.4, -0.2) is 9.55 Å². The van der Waals surface area contributed by atoms with E-state index in [0.717, 1.165) is 16.6 Å². The smallest absolute Gasteiger partial charge is 0.272 e. The lowest BCUT2D eigenvalue weighted by atomic mass is 10.2. The van der Waals surface area contributed by atoms with Gasteiger partial charge in [-0.25, -0.2) is 4.98 Å². The highest BCUT2D eigenvalue weighted by Crippen LogP contribution is 2.21. The van der Waals surface area contributed by atoms with Gasteiger partial charge in [-0.3, -0.25) is 4.79 Å². The number of aryl methyl sites for hydroxylation is 1. The maximum absolute atomic E-state index is 12.4. The molecule has 0 atom stereocenters. The number of nitrogens with zero attached hydrogens (tertiary/aromatic N) is 2. The second kappa shape index (κ2) is 5.22. The Balaban J connectivity index is 2.20. The minimum atomic E-state index is -0.110. The van der Waals surface area contributed by atoms with Crippen molar-refractivity contribution in [3.8, 4) is 0 Å². The van der Waals surface area contributed by atoms with Crippen molar-refractivity contribution in [1.82, 2.24) is 9.55 Å². The van der Waals surface area contributed by atoms with Gasteiger partial charge in [0.05, 0.1) is 17.6 Å². The van der Waals surface area contributed by atoms with Crippen molar-refractivity contribution in [2.75, 3.05) is 5.73 Å². The predicted octanol–water partition coefficient (Wildman–Crippen LogP) is 2.99. The van der Waals surface area contributed by atoms with Gasteiger partial charge in [-0.2, -0.15) is 0 Å². The van der Waals surface area contributed by atoms with Gasteiger partial charge in [0.1, 0.15) is 5.69 Å².